The van der Waals surface area contributed by atoms with E-state index >= 15 is 0 Å². The van der Waals surface area contributed by atoms with Crippen molar-refractivity contribution >= 4 is 18.4 Å². The summed E-state index contributed by atoms with van der Waals surface area (Å²) in [6, 6.07) is 0. The first-order valence-electron chi connectivity index (χ1n) is 9.71. The number of ether oxygens (including phenoxy) is 1. The van der Waals surface area contributed by atoms with Gasteiger partial charge in [-0.15, -0.1) is 12.4 Å². The van der Waals surface area contributed by atoms with Gasteiger partial charge in [0.1, 0.15) is 12.7 Å². The number of aliphatic hydroxyl groups excluding tert-OH is 1. The first kappa shape index (κ1) is 18.5. The van der Waals surface area contributed by atoms with E-state index in [1.807, 2.05) is 0 Å². The molecule has 0 amide bonds. The van der Waals surface area contributed by atoms with Crippen LogP contribution in [-0.2, 0) is 9.53 Å². The normalized spacial score (nSPS) is 39.3. The monoisotopic (exact) mass is 357 g/mol. The summed E-state index contributed by atoms with van der Waals surface area (Å²) in [7, 11) is 0. The van der Waals surface area contributed by atoms with Crippen LogP contribution in [0.1, 0.15) is 57.8 Å². The largest absolute Gasteiger partial charge is 0.462 e. The average Bonchev–Trinajstić information content (AvgIpc) is 2.52. The third-order valence-electron chi connectivity index (χ3n) is 6.80. The second-order valence-corrected chi connectivity index (χ2v) is 8.81. The Balaban J connectivity index is 0.00000169. The number of piperidine rings is 1. The van der Waals surface area contributed by atoms with Gasteiger partial charge in [0.2, 0.25) is 0 Å². The molecule has 0 aromatic rings. The predicted molar refractivity (Wildman–Crippen MR) is 95.1 cm³/mol. The lowest BCUT2D eigenvalue weighted by Gasteiger charge is -2.55. The Kier molecular flexibility index (Phi) is 5.78. The van der Waals surface area contributed by atoms with E-state index < -0.39 is 6.10 Å². The van der Waals surface area contributed by atoms with Gasteiger partial charge in [0, 0.05) is 6.54 Å². The van der Waals surface area contributed by atoms with Crippen molar-refractivity contribution in [2.45, 2.75) is 63.9 Å². The number of carbonyl (C=O) groups is 1. The highest BCUT2D eigenvalue weighted by Gasteiger charge is 2.55. The second kappa shape index (κ2) is 7.51. The molecule has 0 aromatic heterocycles. The topological polar surface area (TPSA) is 49.8 Å². The molecule has 4 nitrogen and oxygen atoms in total. The quantitative estimate of drug-likeness (QED) is 0.768. The molecule has 1 unspecified atom stereocenters. The lowest BCUT2D eigenvalue weighted by Crippen LogP contribution is -2.51. The van der Waals surface area contributed by atoms with Crippen molar-refractivity contribution in [3.8, 4) is 0 Å². The Labute approximate surface area is 151 Å². The number of β-amino-alcohol motifs (C(OH)–C–C–N with tert-alkyl or cyclic N) is 1. The molecule has 0 aromatic carbocycles. The van der Waals surface area contributed by atoms with Crippen LogP contribution in [0.3, 0.4) is 0 Å². The van der Waals surface area contributed by atoms with Crippen LogP contribution in [0.5, 0.6) is 0 Å². The molecule has 4 aliphatic carbocycles. The number of likely N-dealkylation sites (tertiary alicyclic amines) is 1. The fourth-order valence-electron chi connectivity index (χ4n) is 6.18. The maximum atomic E-state index is 12.7. The van der Waals surface area contributed by atoms with Crippen molar-refractivity contribution in [1.82, 2.24) is 4.90 Å². The van der Waals surface area contributed by atoms with Crippen molar-refractivity contribution < 1.29 is 14.6 Å². The maximum absolute atomic E-state index is 12.7. The minimum atomic E-state index is -0.536. The summed E-state index contributed by atoms with van der Waals surface area (Å²) in [5.74, 6) is 2.26. The lowest BCUT2D eigenvalue weighted by molar-refractivity contribution is -0.174. The fraction of sp³-hybridized carbons (Fsp3) is 0.947. The molecule has 4 saturated carbocycles. The first-order valence-corrected chi connectivity index (χ1v) is 9.71. The van der Waals surface area contributed by atoms with Crippen LogP contribution in [0.25, 0.3) is 0 Å². The lowest BCUT2D eigenvalue weighted by atomic mass is 9.49. The van der Waals surface area contributed by atoms with Gasteiger partial charge in [-0.3, -0.25) is 4.79 Å². The summed E-state index contributed by atoms with van der Waals surface area (Å²) in [6.45, 7) is 2.96. The molecule has 1 heterocycles. The van der Waals surface area contributed by atoms with Gasteiger partial charge in [-0.05, 0) is 82.2 Å². The van der Waals surface area contributed by atoms with Crippen LogP contribution in [0.2, 0.25) is 0 Å². The molecule has 24 heavy (non-hydrogen) atoms. The summed E-state index contributed by atoms with van der Waals surface area (Å²) in [4.78, 5) is 15.0. The number of rotatable bonds is 5. The number of esters is 1. The molecule has 5 aliphatic rings. The summed E-state index contributed by atoms with van der Waals surface area (Å²) < 4.78 is 5.61. The third-order valence-corrected chi connectivity index (χ3v) is 6.80. The number of aliphatic hydroxyl groups is 1. The Morgan fingerprint density at radius 3 is 2.12 bits per heavy atom. The summed E-state index contributed by atoms with van der Waals surface area (Å²) in [6.07, 6.45) is 10.3. The molecule has 1 N–H and O–H groups in total. The molecule has 0 radical (unpaired) electrons. The molecule has 5 heteroatoms. The van der Waals surface area contributed by atoms with E-state index in [0.29, 0.717) is 6.54 Å². The van der Waals surface area contributed by atoms with Gasteiger partial charge in [0.15, 0.2) is 0 Å². The molecule has 1 aliphatic heterocycles. The predicted octanol–water partition coefficient (Wildman–Crippen LogP) is 3.01. The molecule has 5 rings (SSSR count). The first-order chi connectivity index (χ1) is 11.1. The van der Waals surface area contributed by atoms with Gasteiger partial charge in [0.05, 0.1) is 5.41 Å². The third kappa shape index (κ3) is 3.76. The van der Waals surface area contributed by atoms with Crippen LogP contribution >= 0.6 is 12.4 Å². The number of hydrogen-bond acceptors (Lipinski definition) is 4. The Morgan fingerprint density at radius 1 is 1.04 bits per heavy atom. The summed E-state index contributed by atoms with van der Waals surface area (Å²) in [5, 5.41) is 10.2. The van der Waals surface area contributed by atoms with Crippen molar-refractivity contribution in [3.63, 3.8) is 0 Å². The van der Waals surface area contributed by atoms with E-state index in [1.54, 1.807) is 0 Å². The molecular weight excluding hydrogens is 326 g/mol. The summed E-state index contributed by atoms with van der Waals surface area (Å²) in [5.41, 5.74) is -0.195. The smallest absolute Gasteiger partial charge is 0.312 e. The van der Waals surface area contributed by atoms with E-state index in [4.69, 9.17) is 4.74 Å². The number of hydrogen-bond donors (Lipinski definition) is 1. The highest BCUT2D eigenvalue weighted by molar-refractivity contribution is 5.85. The minimum absolute atomic E-state index is 0. The zero-order valence-corrected chi connectivity index (χ0v) is 15.4. The summed E-state index contributed by atoms with van der Waals surface area (Å²) >= 11 is 0. The van der Waals surface area contributed by atoms with Gasteiger partial charge in [-0.2, -0.15) is 0 Å². The highest BCUT2D eigenvalue weighted by Crippen LogP contribution is 2.60. The average molecular weight is 358 g/mol. The van der Waals surface area contributed by atoms with E-state index in [-0.39, 0.29) is 30.4 Å². The van der Waals surface area contributed by atoms with Crippen LogP contribution in [0, 0.1) is 23.2 Å². The van der Waals surface area contributed by atoms with Gasteiger partial charge in [-0.25, -0.2) is 0 Å². The number of halogens is 1. The molecule has 1 saturated heterocycles. The Bertz CT molecular complexity index is 415. The van der Waals surface area contributed by atoms with Crippen LogP contribution in [0.15, 0.2) is 0 Å². The van der Waals surface area contributed by atoms with Crippen molar-refractivity contribution in [3.05, 3.63) is 0 Å². The SMILES string of the molecule is Cl.O=C(OCC(O)CN1CCCCC1)C12CC3CC(CC(C3)C1)C2. The van der Waals surface area contributed by atoms with E-state index in [9.17, 15) is 9.90 Å². The van der Waals surface area contributed by atoms with Crippen LogP contribution in [-0.4, -0.2) is 48.3 Å². The van der Waals surface area contributed by atoms with Gasteiger partial charge >= 0.3 is 5.97 Å². The van der Waals surface area contributed by atoms with Crippen LogP contribution in [0.4, 0.5) is 0 Å². The fourth-order valence-corrected chi connectivity index (χ4v) is 6.18. The molecule has 138 valence electrons. The van der Waals surface area contributed by atoms with Crippen molar-refractivity contribution in [1.29, 1.82) is 0 Å². The number of nitrogens with zero attached hydrogens (tertiary/aromatic N) is 1. The molecule has 0 spiro atoms. The molecular formula is C19H32ClNO3. The van der Waals surface area contributed by atoms with E-state index in [2.05, 4.69) is 4.90 Å². The van der Waals surface area contributed by atoms with Gasteiger partial charge in [0.25, 0.3) is 0 Å². The molecule has 4 bridgehead atoms. The minimum Gasteiger partial charge on any atom is -0.462 e. The van der Waals surface area contributed by atoms with E-state index in [1.165, 1.54) is 38.5 Å². The van der Waals surface area contributed by atoms with Crippen molar-refractivity contribution in [2.24, 2.45) is 23.2 Å². The van der Waals surface area contributed by atoms with Crippen molar-refractivity contribution in [2.75, 3.05) is 26.2 Å². The van der Waals surface area contributed by atoms with E-state index in [0.717, 1.165) is 50.1 Å². The highest BCUT2D eigenvalue weighted by atomic mass is 35.5. The maximum Gasteiger partial charge on any atom is 0.312 e. The zero-order chi connectivity index (χ0) is 15.9. The standard InChI is InChI=1S/C19H31NO3.ClH/c21-17(12-20-4-2-1-3-5-20)13-23-18(22)19-9-14-6-15(10-19)8-16(7-14)11-19;/h14-17,21H,1-13H2;1H. The number of carbonyl (C=O) groups excluding carboxylic acids is 1. The van der Waals surface area contributed by atoms with Crippen LogP contribution < -0.4 is 0 Å². The Morgan fingerprint density at radius 2 is 1.58 bits per heavy atom. The second-order valence-electron chi connectivity index (χ2n) is 8.81. The zero-order valence-electron chi connectivity index (χ0n) is 14.6. The van der Waals surface area contributed by atoms with Gasteiger partial charge in [-0.1, -0.05) is 6.42 Å². The molecule has 1 atom stereocenters. The molecule has 5 fully saturated rings. The van der Waals surface area contributed by atoms with Gasteiger partial charge < -0.3 is 14.7 Å². The Hall–Kier alpha value is -0.320.